The van der Waals surface area contributed by atoms with E-state index in [1.807, 2.05) is 0 Å². The minimum absolute atomic E-state index is 0.137. The Bertz CT molecular complexity index is 387. The highest BCUT2D eigenvalue weighted by Crippen LogP contribution is 2.34. The third-order valence-electron chi connectivity index (χ3n) is 2.72. The Morgan fingerprint density at radius 2 is 2.19 bits per heavy atom. The molecule has 5 heteroatoms. The molecule has 1 unspecified atom stereocenters. The number of halogens is 3. The van der Waals surface area contributed by atoms with Crippen LogP contribution >= 0.6 is 0 Å². The summed E-state index contributed by atoms with van der Waals surface area (Å²) in [6.45, 7) is 0.982. The summed E-state index contributed by atoms with van der Waals surface area (Å²) >= 11 is 0. The van der Waals surface area contributed by atoms with Crippen molar-refractivity contribution in [3.63, 3.8) is 0 Å². The lowest BCUT2D eigenvalue weighted by atomic mass is 10.0. The van der Waals surface area contributed by atoms with Crippen LogP contribution in [0.2, 0.25) is 0 Å². The average Bonchev–Trinajstić information content (AvgIpc) is 2.60. The van der Waals surface area contributed by atoms with Gasteiger partial charge in [0.2, 0.25) is 0 Å². The van der Waals surface area contributed by atoms with Crippen LogP contribution in [0, 0.1) is 0 Å². The van der Waals surface area contributed by atoms with Gasteiger partial charge in [-0.3, -0.25) is 0 Å². The van der Waals surface area contributed by atoms with E-state index in [1.165, 1.54) is 19.2 Å². The minimum Gasteiger partial charge on any atom is -0.383 e. The molecule has 1 aliphatic rings. The molecule has 16 heavy (non-hydrogen) atoms. The summed E-state index contributed by atoms with van der Waals surface area (Å²) in [6, 6.07) is 3.72. The molecule has 1 heterocycles. The Labute approximate surface area is 91.4 Å². The molecule has 1 aromatic carbocycles. The zero-order chi connectivity index (χ0) is 11.8. The second-order valence-electron chi connectivity index (χ2n) is 3.80. The molecule has 0 radical (unpaired) electrons. The predicted octanol–water partition coefficient (Wildman–Crippen LogP) is 2.50. The van der Waals surface area contributed by atoms with Crippen molar-refractivity contribution >= 4 is 0 Å². The number of ether oxygens (including phenoxy) is 1. The monoisotopic (exact) mass is 231 g/mol. The first-order valence-electron chi connectivity index (χ1n) is 4.94. The molecule has 1 aromatic rings. The molecule has 0 spiro atoms. The van der Waals surface area contributed by atoms with Crippen LogP contribution < -0.4 is 5.32 Å². The molecular formula is C11H12F3NO. The van der Waals surface area contributed by atoms with E-state index in [0.29, 0.717) is 18.7 Å². The van der Waals surface area contributed by atoms with Gasteiger partial charge in [0.25, 0.3) is 0 Å². The lowest BCUT2D eigenvalue weighted by molar-refractivity contribution is -0.137. The molecule has 0 fully saturated rings. The van der Waals surface area contributed by atoms with Gasteiger partial charge in [0.15, 0.2) is 0 Å². The number of fused-ring (bicyclic) bond motifs is 1. The van der Waals surface area contributed by atoms with E-state index in [1.54, 1.807) is 0 Å². The van der Waals surface area contributed by atoms with Crippen LogP contribution in [0.15, 0.2) is 18.2 Å². The molecule has 0 amide bonds. The Balaban J connectivity index is 2.34. The van der Waals surface area contributed by atoms with E-state index in [4.69, 9.17) is 4.74 Å². The summed E-state index contributed by atoms with van der Waals surface area (Å²) in [7, 11) is 1.54. The SMILES string of the molecule is COCC1NCc2ccc(C(F)(F)F)cc21. The summed E-state index contributed by atoms with van der Waals surface area (Å²) in [5.41, 5.74) is 1.00. The van der Waals surface area contributed by atoms with Gasteiger partial charge in [-0.05, 0) is 23.3 Å². The van der Waals surface area contributed by atoms with Crippen LogP contribution in [-0.2, 0) is 17.5 Å². The van der Waals surface area contributed by atoms with Crippen molar-refractivity contribution in [2.75, 3.05) is 13.7 Å². The quantitative estimate of drug-likeness (QED) is 0.844. The normalized spacial score (nSPS) is 19.9. The van der Waals surface area contributed by atoms with E-state index in [-0.39, 0.29) is 6.04 Å². The fourth-order valence-corrected chi connectivity index (χ4v) is 1.92. The molecule has 1 aliphatic heterocycles. The van der Waals surface area contributed by atoms with Gasteiger partial charge < -0.3 is 10.1 Å². The number of rotatable bonds is 2. The second kappa shape index (κ2) is 4.07. The summed E-state index contributed by atoms with van der Waals surface area (Å²) in [6.07, 6.45) is -4.28. The van der Waals surface area contributed by atoms with E-state index in [9.17, 15) is 13.2 Å². The maximum absolute atomic E-state index is 12.5. The smallest absolute Gasteiger partial charge is 0.383 e. The van der Waals surface area contributed by atoms with Crippen LogP contribution in [0.1, 0.15) is 22.7 Å². The first kappa shape index (κ1) is 11.4. The van der Waals surface area contributed by atoms with Crippen LogP contribution in [0.25, 0.3) is 0 Å². The van der Waals surface area contributed by atoms with Crippen molar-refractivity contribution < 1.29 is 17.9 Å². The van der Waals surface area contributed by atoms with Crippen molar-refractivity contribution in [1.29, 1.82) is 0 Å². The van der Waals surface area contributed by atoms with Gasteiger partial charge in [0.1, 0.15) is 0 Å². The number of methoxy groups -OCH3 is 1. The Morgan fingerprint density at radius 3 is 2.81 bits per heavy atom. The zero-order valence-corrected chi connectivity index (χ0v) is 8.77. The van der Waals surface area contributed by atoms with E-state index in [2.05, 4.69) is 5.32 Å². The summed E-state index contributed by atoms with van der Waals surface area (Å²) in [5.74, 6) is 0. The van der Waals surface area contributed by atoms with E-state index < -0.39 is 11.7 Å². The van der Waals surface area contributed by atoms with Crippen LogP contribution in [0.5, 0.6) is 0 Å². The van der Waals surface area contributed by atoms with Crippen LogP contribution in [0.3, 0.4) is 0 Å². The highest BCUT2D eigenvalue weighted by molar-refractivity contribution is 5.38. The first-order valence-corrected chi connectivity index (χ1v) is 4.94. The Hall–Kier alpha value is -1.07. The fourth-order valence-electron chi connectivity index (χ4n) is 1.92. The minimum atomic E-state index is -4.28. The molecule has 0 saturated heterocycles. The maximum atomic E-state index is 12.5. The van der Waals surface area contributed by atoms with Gasteiger partial charge in [0.05, 0.1) is 18.2 Å². The van der Waals surface area contributed by atoms with Crippen molar-refractivity contribution in [3.05, 3.63) is 34.9 Å². The number of hydrogen-bond donors (Lipinski definition) is 1. The predicted molar refractivity (Wildman–Crippen MR) is 52.9 cm³/mol. The van der Waals surface area contributed by atoms with Gasteiger partial charge in [-0.25, -0.2) is 0 Å². The highest BCUT2D eigenvalue weighted by Gasteiger charge is 2.33. The highest BCUT2D eigenvalue weighted by atomic mass is 19.4. The summed E-state index contributed by atoms with van der Waals surface area (Å²) in [5, 5.41) is 3.11. The first-order chi connectivity index (χ1) is 7.52. The third-order valence-corrected chi connectivity index (χ3v) is 2.72. The lowest BCUT2D eigenvalue weighted by Crippen LogP contribution is -2.17. The molecular weight excluding hydrogens is 219 g/mol. The van der Waals surface area contributed by atoms with Crippen molar-refractivity contribution in [3.8, 4) is 0 Å². The third kappa shape index (κ3) is 2.05. The number of nitrogens with one attached hydrogen (secondary N) is 1. The Morgan fingerprint density at radius 1 is 1.44 bits per heavy atom. The van der Waals surface area contributed by atoms with Gasteiger partial charge in [-0.15, -0.1) is 0 Å². The number of hydrogen-bond acceptors (Lipinski definition) is 2. The molecule has 0 bridgehead atoms. The fraction of sp³-hybridized carbons (Fsp3) is 0.455. The van der Waals surface area contributed by atoms with Crippen molar-refractivity contribution in [2.24, 2.45) is 0 Å². The average molecular weight is 231 g/mol. The molecule has 1 N–H and O–H groups in total. The molecule has 0 saturated carbocycles. The Kier molecular flexibility index (Phi) is 2.90. The molecule has 2 nitrogen and oxygen atoms in total. The van der Waals surface area contributed by atoms with Gasteiger partial charge in [-0.1, -0.05) is 6.07 Å². The van der Waals surface area contributed by atoms with E-state index in [0.717, 1.165) is 11.6 Å². The molecule has 1 atom stereocenters. The van der Waals surface area contributed by atoms with E-state index >= 15 is 0 Å². The van der Waals surface area contributed by atoms with Crippen LogP contribution in [0.4, 0.5) is 13.2 Å². The summed E-state index contributed by atoms with van der Waals surface area (Å²) in [4.78, 5) is 0. The van der Waals surface area contributed by atoms with Crippen molar-refractivity contribution in [2.45, 2.75) is 18.8 Å². The molecule has 0 aromatic heterocycles. The van der Waals surface area contributed by atoms with Crippen LogP contribution in [-0.4, -0.2) is 13.7 Å². The summed E-state index contributed by atoms with van der Waals surface area (Å²) < 4.78 is 42.5. The maximum Gasteiger partial charge on any atom is 0.416 e. The molecule has 88 valence electrons. The molecule has 0 aliphatic carbocycles. The van der Waals surface area contributed by atoms with Gasteiger partial charge >= 0.3 is 6.18 Å². The lowest BCUT2D eigenvalue weighted by Gasteiger charge is -2.13. The van der Waals surface area contributed by atoms with Crippen molar-refractivity contribution in [1.82, 2.24) is 5.32 Å². The number of alkyl halides is 3. The van der Waals surface area contributed by atoms with Gasteiger partial charge in [-0.2, -0.15) is 13.2 Å². The largest absolute Gasteiger partial charge is 0.416 e. The standard InChI is InChI=1S/C11H12F3NO/c1-16-6-10-9-4-8(11(12,13)14)3-2-7(9)5-15-10/h2-4,10,15H,5-6H2,1H3. The zero-order valence-electron chi connectivity index (χ0n) is 8.77. The number of benzene rings is 1. The second-order valence-corrected chi connectivity index (χ2v) is 3.80. The molecule has 2 rings (SSSR count). The topological polar surface area (TPSA) is 21.3 Å². The van der Waals surface area contributed by atoms with Gasteiger partial charge in [0, 0.05) is 13.7 Å².